The fourth-order valence-electron chi connectivity index (χ4n) is 0. The molecule has 0 aliphatic carbocycles. The predicted molar refractivity (Wildman–Crippen MR) is 23.8 cm³/mol. The van der Waals surface area contributed by atoms with Crippen molar-refractivity contribution in [3.05, 3.63) is 0 Å². The van der Waals surface area contributed by atoms with Gasteiger partial charge < -0.3 is 4.80 Å². The van der Waals surface area contributed by atoms with Crippen LogP contribution in [-0.2, 0) is 0 Å². The van der Waals surface area contributed by atoms with Crippen LogP contribution in [0.5, 0.6) is 0 Å². The summed E-state index contributed by atoms with van der Waals surface area (Å²) in [6, 6.07) is 0. The van der Waals surface area contributed by atoms with E-state index in [2.05, 4.69) is 4.17 Å². The summed E-state index contributed by atoms with van der Waals surface area (Å²) in [6.45, 7) is 0. The molecule has 0 unspecified atom stereocenters. The van der Waals surface area contributed by atoms with Gasteiger partial charge in [0.1, 0.15) is 10.5 Å². The van der Waals surface area contributed by atoms with Gasteiger partial charge in [-0.15, -0.1) is 0 Å². The average molecular weight is 86.1 g/mol. The summed E-state index contributed by atoms with van der Waals surface area (Å²) in [5.41, 5.74) is 0. The normalized spacial score (nSPS) is 4.00. The summed E-state index contributed by atoms with van der Waals surface area (Å²) in [4.78, 5) is 7.14. The van der Waals surface area contributed by atoms with Crippen molar-refractivity contribution in [3.63, 3.8) is 0 Å². The van der Waals surface area contributed by atoms with E-state index in [1.807, 2.05) is 0 Å². The van der Waals surface area contributed by atoms with Crippen LogP contribution < -0.4 is 0 Å². The van der Waals surface area contributed by atoms with Gasteiger partial charge in [-0.25, -0.2) is 0 Å². The Kier molecular flexibility index (Phi) is 68.1. The van der Waals surface area contributed by atoms with E-state index in [9.17, 15) is 0 Å². The van der Waals surface area contributed by atoms with E-state index in [1.165, 1.54) is 27.9 Å². The molecule has 0 saturated heterocycles. The Morgan fingerprint density at radius 3 is 1.50 bits per heavy atom. The first-order valence-electron chi connectivity index (χ1n) is 1.45. The molecule has 3 heteroatoms. The zero-order valence-corrected chi connectivity index (χ0v) is 7.45. The van der Waals surface area contributed by atoms with Crippen molar-refractivity contribution in [1.29, 1.82) is 0 Å². The summed E-state index contributed by atoms with van der Waals surface area (Å²) in [5, 5.41) is 0. The molecule has 0 aromatic rings. The van der Waals surface area contributed by atoms with Gasteiger partial charge in [0.2, 0.25) is 0 Å². The quantitative estimate of drug-likeness (QED) is 0.354. The Balaban J connectivity index is 0. The van der Waals surface area contributed by atoms with Gasteiger partial charge in [-0.1, -0.05) is 0 Å². The fraction of sp³-hybridized carbons (Fsp3) is 1.00. The standard InChI is InChI=1S/CH3.Na.H4OSi/c;;1-2/h1H3;;1H,2H3. The van der Waals surface area contributed by atoms with Crippen LogP contribution in [0.4, 0.5) is 0 Å². The van der Waals surface area contributed by atoms with Gasteiger partial charge in [0.05, 0.1) is 0 Å². The second-order valence-electron chi connectivity index (χ2n) is 0. The van der Waals surface area contributed by atoms with Crippen molar-refractivity contribution < 1.29 is 4.80 Å². The molecule has 0 aromatic heterocycles. The van der Waals surface area contributed by atoms with Gasteiger partial charge >= 0.3 is 32.1 Å². The molecule has 0 radical (unpaired) electrons. The van der Waals surface area contributed by atoms with E-state index in [4.69, 9.17) is 4.80 Å². The summed E-state index contributed by atoms with van der Waals surface area (Å²) >= 11 is 1.31. The first kappa shape index (κ1) is 8.95. The Morgan fingerprint density at radius 2 is 1.50 bits per heavy atom. The van der Waals surface area contributed by atoms with Crippen molar-refractivity contribution in [2.24, 2.45) is 0 Å². The van der Waals surface area contributed by atoms with Crippen LogP contribution >= 0.6 is 0 Å². The van der Waals surface area contributed by atoms with Crippen LogP contribution in [0, 0.1) is 0 Å². The molecule has 0 rings (SSSR count). The maximum absolute atomic E-state index is 7.14. The van der Waals surface area contributed by atoms with Crippen LogP contribution in [0.3, 0.4) is 0 Å². The van der Waals surface area contributed by atoms with Gasteiger partial charge in [-0.3, -0.25) is 0 Å². The third kappa shape index (κ3) is 10.9. The van der Waals surface area contributed by atoms with Gasteiger partial charge in [0, 0.05) is 0 Å². The molecule has 0 aromatic carbocycles. The Morgan fingerprint density at radius 1 is 1.50 bits per heavy atom. The molecule has 0 heterocycles. The molecule has 1 N–H and O–H groups in total. The molecule has 0 spiro atoms. The third-order valence-electron chi connectivity index (χ3n) is 0. The minimum absolute atomic E-state index is 0.306. The van der Waals surface area contributed by atoms with E-state index in [0.29, 0.717) is 10.5 Å². The molecule has 0 fully saturated rings. The van der Waals surface area contributed by atoms with E-state index >= 15 is 0 Å². The van der Waals surface area contributed by atoms with Crippen LogP contribution in [0.25, 0.3) is 0 Å². The van der Waals surface area contributed by atoms with Gasteiger partial charge in [-0.05, 0) is 0 Å². The van der Waals surface area contributed by atoms with Crippen molar-refractivity contribution in [1.82, 2.24) is 0 Å². The molecule has 22 valence electrons. The number of rotatable bonds is 0. The fourth-order valence-corrected chi connectivity index (χ4v) is 0. The first-order valence-corrected chi connectivity index (χ1v) is 4.34. The van der Waals surface area contributed by atoms with Crippen LogP contribution in [0.2, 0.25) is 4.17 Å². The van der Waals surface area contributed by atoms with Gasteiger partial charge in [-0.2, -0.15) is 0 Å². The maximum atomic E-state index is 7.14. The van der Waals surface area contributed by atoms with E-state index < -0.39 is 0 Å². The summed E-state index contributed by atoms with van der Waals surface area (Å²) in [6.07, 6.45) is 0. The molecule has 0 saturated carbocycles. The SMILES string of the molecule is O[SiH3].[CH3][Na]. The third-order valence-corrected chi connectivity index (χ3v) is 0. The minimum atomic E-state index is 0.306. The molecule has 1 nitrogen and oxygen atoms in total. The summed E-state index contributed by atoms with van der Waals surface area (Å²) in [7, 11) is 0.306. The van der Waals surface area contributed by atoms with Crippen LogP contribution in [0.15, 0.2) is 0 Å². The van der Waals surface area contributed by atoms with Crippen molar-refractivity contribution in [2.45, 2.75) is 4.17 Å². The van der Waals surface area contributed by atoms with Crippen molar-refractivity contribution >= 4 is 38.4 Å². The van der Waals surface area contributed by atoms with E-state index in [-0.39, 0.29) is 0 Å². The predicted octanol–water partition coefficient (Wildman–Crippen LogP) is -1.54. The Hall–Kier alpha value is 1.18. The second-order valence-corrected chi connectivity index (χ2v) is 0. The summed E-state index contributed by atoms with van der Waals surface area (Å²) < 4.78 is 2.14. The topological polar surface area (TPSA) is 20.2 Å². The Labute approximate surface area is 47.4 Å². The van der Waals surface area contributed by atoms with Gasteiger partial charge in [0.25, 0.3) is 0 Å². The molecular formula is CH7NaOSi. The molecule has 0 aliphatic heterocycles. The second kappa shape index (κ2) is 30.4. The van der Waals surface area contributed by atoms with Crippen LogP contribution in [-0.4, -0.2) is 43.2 Å². The van der Waals surface area contributed by atoms with Crippen LogP contribution in [0.1, 0.15) is 0 Å². The summed E-state index contributed by atoms with van der Waals surface area (Å²) in [5.74, 6) is 0. The zero-order chi connectivity index (χ0) is 4.00. The molecule has 0 amide bonds. The molecule has 0 bridgehead atoms. The molecular weight excluding hydrogens is 79.1 g/mol. The van der Waals surface area contributed by atoms with E-state index in [0.717, 1.165) is 0 Å². The number of hydrogen-bond acceptors (Lipinski definition) is 1. The average Bonchev–Trinajstić information content (AvgIpc) is 1.50. The molecule has 4 heavy (non-hydrogen) atoms. The van der Waals surface area contributed by atoms with Gasteiger partial charge in [0.15, 0.2) is 0 Å². The monoisotopic (exact) mass is 86.0 g/mol. The zero-order valence-electron chi connectivity index (χ0n) is 3.45. The molecule has 0 aliphatic rings. The van der Waals surface area contributed by atoms with Crippen molar-refractivity contribution in [3.8, 4) is 0 Å². The molecule has 0 atom stereocenters. The Bertz CT molecular complexity index is 8.00. The van der Waals surface area contributed by atoms with E-state index in [1.54, 1.807) is 0 Å². The van der Waals surface area contributed by atoms with Crippen molar-refractivity contribution in [2.75, 3.05) is 0 Å². The number of hydrogen-bond donors (Lipinski definition) is 1. The first-order chi connectivity index (χ1) is 2.00.